The molecule has 0 saturated heterocycles. The zero-order valence-electron chi connectivity index (χ0n) is 8.73. The van der Waals surface area contributed by atoms with Crippen molar-refractivity contribution in [3.63, 3.8) is 0 Å². The minimum Gasteiger partial charge on any atom is -0.468 e. The van der Waals surface area contributed by atoms with Crippen LogP contribution in [-0.4, -0.2) is 17.1 Å². The standard InChI is InChI=1S/C11H11N3O2/c1-16-11-13-9(12)8(10(15)14-11)7-5-3-2-4-6-7/h2-6H,1H3,(H3,12,13,14,15). The SMILES string of the molecule is COc1nc(N)c(-c2ccccc2)c(=O)[nH]1. The molecule has 0 atom stereocenters. The molecule has 1 heterocycles. The van der Waals surface area contributed by atoms with Crippen LogP contribution < -0.4 is 16.0 Å². The molecule has 0 bridgehead atoms. The number of aromatic nitrogens is 2. The van der Waals surface area contributed by atoms with E-state index < -0.39 is 0 Å². The first kappa shape index (κ1) is 10.2. The fourth-order valence-electron chi connectivity index (χ4n) is 1.45. The van der Waals surface area contributed by atoms with E-state index in [0.29, 0.717) is 5.56 Å². The summed E-state index contributed by atoms with van der Waals surface area (Å²) >= 11 is 0. The molecule has 0 aliphatic carbocycles. The van der Waals surface area contributed by atoms with Gasteiger partial charge >= 0.3 is 0 Å². The minimum absolute atomic E-state index is 0.113. The fraction of sp³-hybridized carbons (Fsp3) is 0.0909. The van der Waals surface area contributed by atoms with Gasteiger partial charge < -0.3 is 10.5 Å². The smallest absolute Gasteiger partial charge is 0.298 e. The molecule has 0 unspecified atom stereocenters. The Morgan fingerprint density at radius 2 is 2.00 bits per heavy atom. The highest BCUT2D eigenvalue weighted by atomic mass is 16.5. The molecule has 0 saturated carbocycles. The van der Waals surface area contributed by atoms with Gasteiger partial charge in [-0.25, -0.2) is 0 Å². The summed E-state index contributed by atoms with van der Waals surface area (Å²) in [6.07, 6.45) is 0. The van der Waals surface area contributed by atoms with Crippen LogP contribution in [0.3, 0.4) is 0 Å². The maximum atomic E-state index is 11.8. The van der Waals surface area contributed by atoms with Crippen LogP contribution in [0.4, 0.5) is 5.82 Å². The molecule has 1 aromatic heterocycles. The third kappa shape index (κ3) is 1.75. The molecule has 16 heavy (non-hydrogen) atoms. The van der Waals surface area contributed by atoms with E-state index in [4.69, 9.17) is 10.5 Å². The Morgan fingerprint density at radius 3 is 2.56 bits per heavy atom. The number of benzene rings is 1. The van der Waals surface area contributed by atoms with Crippen LogP contribution in [-0.2, 0) is 0 Å². The highest BCUT2D eigenvalue weighted by molar-refractivity contribution is 5.72. The van der Waals surface area contributed by atoms with E-state index in [1.54, 1.807) is 12.1 Å². The summed E-state index contributed by atoms with van der Waals surface area (Å²) in [5.74, 6) is 0.159. The first-order chi connectivity index (χ1) is 7.72. The van der Waals surface area contributed by atoms with Crippen LogP contribution in [0.5, 0.6) is 6.01 Å². The van der Waals surface area contributed by atoms with Crippen molar-refractivity contribution < 1.29 is 4.74 Å². The molecule has 0 fully saturated rings. The Balaban J connectivity index is 2.63. The van der Waals surface area contributed by atoms with Crippen LogP contribution in [0, 0.1) is 0 Å². The van der Waals surface area contributed by atoms with Crippen molar-refractivity contribution in [1.82, 2.24) is 9.97 Å². The van der Waals surface area contributed by atoms with Crippen molar-refractivity contribution in [3.05, 3.63) is 40.7 Å². The molecule has 5 heteroatoms. The highest BCUT2D eigenvalue weighted by Crippen LogP contribution is 2.20. The number of hydrogen-bond acceptors (Lipinski definition) is 4. The third-order valence-electron chi connectivity index (χ3n) is 2.18. The number of ether oxygens (including phenoxy) is 1. The molecule has 0 radical (unpaired) electrons. The topological polar surface area (TPSA) is 81.0 Å². The molecule has 3 N–H and O–H groups in total. The number of rotatable bonds is 2. The maximum Gasteiger partial charge on any atom is 0.298 e. The predicted octanol–water partition coefficient (Wildman–Crippen LogP) is 1.03. The molecule has 0 aliphatic heterocycles. The molecule has 0 amide bonds. The number of anilines is 1. The van der Waals surface area contributed by atoms with Crippen molar-refractivity contribution in [2.75, 3.05) is 12.8 Å². The van der Waals surface area contributed by atoms with Crippen LogP contribution in [0.15, 0.2) is 35.1 Å². The first-order valence-corrected chi connectivity index (χ1v) is 4.71. The molecule has 0 aliphatic rings. The molecule has 0 spiro atoms. The quantitative estimate of drug-likeness (QED) is 0.787. The summed E-state index contributed by atoms with van der Waals surface area (Å²) in [6.45, 7) is 0. The van der Waals surface area contributed by atoms with Gasteiger partial charge in [-0.05, 0) is 5.56 Å². The van der Waals surface area contributed by atoms with E-state index in [2.05, 4.69) is 9.97 Å². The molecule has 5 nitrogen and oxygen atoms in total. The largest absolute Gasteiger partial charge is 0.468 e. The lowest BCUT2D eigenvalue weighted by molar-refractivity contribution is 0.379. The Kier molecular flexibility index (Phi) is 2.59. The third-order valence-corrected chi connectivity index (χ3v) is 2.18. The number of hydrogen-bond donors (Lipinski definition) is 2. The van der Waals surface area contributed by atoms with Crippen LogP contribution in [0.1, 0.15) is 0 Å². The molecule has 2 rings (SSSR count). The number of aromatic amines is 1. The van der Waals surface area contributed by atoms with Crippen molar-refractivity contribution in [1.29, 1.82) is 0 Å². The molecular formula is C11H11N3O2. The van der Waals surface area contributed by atoms with Crippen molar-refractivity contribution >= 4 is 5.82 Å². The normalized spacial score (nSPS) is 10.1. The number of nitrogens with zero attached hydrogens (tertiary/aromatic N) is 1. The first-order valence-electron chi connectivity index (χ1n) is 4.71. The maximum absolute atomic E-state index is 11.8. The van der Waals surface area contributed by atoms with Crippen molar-refractivity contribution in [2.24, 2.45) is 0 Å². The molecule has 82 valence electrons. The minimum atomic E-state index is -0.310. The predicted molar refractivity (Wildman–Crippen MR) is 61.3 cm³/mol. The van der Waals surface area contributed by atoms with Crippen LogP contribution in [0.2, 0.25) is 0 Å². The summed E-state index contributed by atoms with van der Waals surface area (Å²) in [4.78, 5) is 18.2. The molecule has 1 aromatic carbocycles. The fourth-order valence-corrected chi connectivity index (χ4v) is 1.45. The lowest BCUT2D eigenvalue weighted by atomic mass is 10.1. The van der Waals surface area contributed by atoms with Gasteiger partial charge in [0.05, 0.1) is 12.7 Å². The van der Waals surface area contributed by atoms with Gasteiger partial charge in [-0.2, -0.15) is 4.98 Å². The number of nitrogens with two attached hydrogens (primary N) is 1. The Hall–Kier alpha value is -2.30. The highest BCUT2D eigenvalue weighted by Gasteiger charge is 2.10. The summed E-state index contributed by atoms with van der Waals surface area (Å²) in [5, 5.41) is 0. The second-order valence-electron chi connectivity index (χ2n) is 3.20. The Labute approximate surface area is 91.9 Å². The van der Waals surface area contributed by atoms with Gasteiger partial charge in [0.2, 0.25) is 0 Å². The van der Waals surface area contributed by atoms with Gasteiger partial charge in [0, 0.05) is 0 Å². The number of nitrogens with one attached hydrogen (secondary N) is 1. The van der Waals surface area contributed by atoms with E-state index in [1.165, 1.54) is 7.11 Å². The second kappa shape index (κ2) is 4.06. The number of nitrogen functional groups attached to an aromatic ring is 1. The number of methoxy groups -OCH3 is 1. The molecule has 2 aromatic rings. The van der Waals surface area contributed by atoms with E-state index >= 15 is 0 Å². The average Bonchev–Trinajstić information content (AvgIpc) is 2.29. The second-order valence-corrected chi connectivity index (χ2v) is 3.20. The van der Waals surface area contributed by atoms with Crippen LogP contribution >= 0.6 is 0 Å². The van der Waals surface area contributed by atoms with Gasteiger partial charge in [-0.3, -0.25) is 9.78 Å². The lowest BCUT2D eigenvalue weighted by Crippen LogP contribution is -2.15. The van der Waals surface area contributed by atoms with E-state index in [9.17, 15) is 4.79 Å². The lowest BCUT2D eigenvalue weighted by Gasteiger charge is -2.05. The van der Waals surface area contributed by atoms with E-state index in [0.717, 1.165) is 5.56 Å². The van der Waals surface area contributed by atoms with Gasteiger partial charge in [0.15, 0.2) is 0 Å². The summed E-state index contributed by atoms with van der Waals surface area (Å²) in [5.41, 5.74) is 6.50. The zero-order chi connectivity index (χ0) is 11.5. The number of H-pyrrole nitrogens is 1. The van der Waals surface area contributed by atoms with Gasteiger partial charge in [-0.15, -0.1) is 0 Å². The van der Waals surface area contributed by atoms with Gasteiger partial charge in [0.1, 0.15) is 5.82 Å². The van der Waals surface area contributed by atoms with Gasteiger partial charge in [0.25, 0.3) is 11.6 Å². The monoisotopic (exact) mass is 217 g/mol. The van der Waals surface area contributed by atoms with Gasteiger partial charge in [-0.1, -0.05) is 30.3 Å². The van der Waals surface area contributed by atoms with Crippen LogP contribution in [0.25, 0.3) is 11.1 Å². The van der Waals surface area contributed by atoms with E-state index in [1.807, 2.05) is 18.2 Å². The van der Waals surface area contributed by atoms with E-state index in [-0.39, 0.29) is 17.4 Å². The summed E-state index contributed by atoms with van der Waals surface area (Å²) < 4.78 is 4.82. The summed E-state index contributed by atoms with van der Waals surface area (Å²) in [6, 6.07) is 9.24. The zero-order valence-corrected chi connectivity index (χ0v) is 8.73. The molecular weight excluding hydrogens is 206 g/mol. The van der Waals surface area contributed by atoms with Crippen molar-refractivity contribution in [3.8, 4) is 17.1 Å². The van der Waals surface area contributed by atoms with Crippen molar-refractivity contribution in [2.45, 2.75) is 0 Å². The Morgan fingerprint density at radius 1 is 1.31 bits per heavy atom. The summed E-state index contributed by atoms with van der Waals surface area (Å²) in [7, 11) is 1.42. The average molecular weight is 217 g/mol. The Bertz CT molecular complexity index is 549.